The summed E-state index contributed by atoms with van der Waals surface area (Å²) in [6, 6.07) is 5.74. The second-order valence-corrected chi connectivity index (χ2v) is 6.13. The van der Waals surface area contributed by atoms with E-state index in [4.69, 9.17) is 0 Å². The van der Waals surface area contributed by atoms with Crippen molar-refractivity contribution in [2.24, 2.45) is 0 Å². The molecule has 0 spiro atoms. The first-order valence-electron chi connectivity index (χ1n) is 7.38. The maximum atomic E-state index is 12.3. The third-order valence-electron chi connectivity index (χ3n) is 4.13. The van der Waals surface area contributed by atoms with Crippen molar-refractivity contribution < 1.29 is 9.59 Å². The lowest BCUT2D eigenvalue weighted by Crippen LogP contribution is -2.36. The minimum absolute atomic E-state index is 0.0417. The van der Waals surface area contributed by atoms with Crippen LogP contribution in [0, 0.1) is 6.92 Å². The van der Waals surface area contributed by atoms with Crippen LogP contribution in [0.4, 0.5) is 11.4 Å². The minimum Gasteiger partial charge on any atom is -0.377 e. The average Bonchev–Trinajstić information content (AvgIpc) is 3.20. The zero-order valence-electron chi connectivity index (χ0n) is 12.7. The minimum atomic E-state index is -0.421. The molecule has 21 heavy (non-hydrogen) atoms. The molecule has 1 heterocycles. The van der Waals surface area contributed by atoms with Gasteiger partial charge in [-0.05, 0) is 37.5 Å². The van der Waals surface area contributed by atoms with Gasteiger partial charge in [-0.3, -0.25) is 14.5 Å². The molecule has 5 heteroatoms. The summed E-state index contributed by atoms with van der Waals surface area (Å²) < 4.78 is 0. The van der Waals surface area contributed by atoms with Crippen LogP contribution < -0.4 is 10.2 Å². The molecule has 1 aromatic rings. The number of anilines is 2. The predicted molar refractivity (Wildman–Crippen MR) is 82.4 cm³/mol. The molecule has 1 atom stereocenters. The highest BCUT2D eigenvalue weighted by atomic mass is 16.2. The predicted octanol–water partition coefficient (Wildman–Crippen LogP) is 1.76. The fourth-order valence-electron chi connectivity index (χ4n) is 2.86. The number of carbonyl (C=O) groups is 2. The Hall–Kier alpha value is -2.04. The Kier molecular flexibility index (Phi) is 3.35. The van der Waals surface area contributed by atoms with Gasteiger partial charge in [0.05, 0.1) is 6.42 Å². The van der Waals surface area contributed by atoms with Gasteiger partial charge in [-0.2, -0.15) is 0 Å². The van der Waals surface area contributed by atoms with Gasteiger partial charge in [0, 0.05) is 31.5 Å². The van der Waals surface area contributed by atoms with E-state index in [1.807, 2.05) is 37.2 Å². The molecule has 1 aromatic carbocycles. The first-order valence-corrected chi connectivity index (χ1v) is 7.38. The molecule has 3 rings (SSSR count). The zero-order valence-corrected chi connectivity index (χ0v) is 12.7. The van der Waals surface area contributed by atoms with Gasteiger partial charge in [-0.1, -0.05) is 6.07 Å². The number of imide groups is 1. The molecule has 1 aliphatic carbocycles. The molecule has 1 aliphatic heterocycles. The fourth-order valence-corrected chi connectivity index (χ4v) is 2.86. The topological polar surface area (TPSA) is 52.7 Å². The maximum absolute atomic E-state index is 12.3. The number of benzene rings is 1. The van der Waals surface area contributed by atoms with Gasteiger partial charge in [0.1, 0.15) is 6.04 Å². The number of hydrogen-bond acceptors (Lipinski definition) is 4. The summed E-state index contributed by atoms with van der Waals surface area (Å²) in [5.74, 6) is -0.116. The first kappa shape index (κ1) is 13.9. The van der Waals surface area contributed by atoms with Crippen molar-refractivity contribution in [2.75, 3.05) is 24.3 Å². The van der Waals surface area contributed by atoms with Gasteiger partial charge in [0.15, 0.2) is 0 Å². The second-order valence-electron chi connectivity index (χ2n) is 6.13. The first-order chi connectivity index (χ1) is 9.97. The summed E-state index contributed by atoms with van der Waals surface area (Å²) in [5.41, 5.74) is 3.17. The van der Waals surface area contributed by atoms with E-state index in [9.17, 15) is 9.59 Å². The molecule has 2 amide bonds. The van der Waals surface area contributed by atoms with E-state index in [1.165, 1.54) is 10.5 Å². The molecule has 1 unspecified atom stereocenters. The van der Waals surface area contributed by atoms with Gasteiger partial charge < -0.3 is 10.2 Å². The molecule has 2 fully saturated rings. The highest BCUT2D eigenvalue weighted by Gasteiger charge is 2.46. The monoisotopic (exact) mass is 287 g/mol. The molecule has 2 aliphatic rings. The van der Waals surface area contributed by atoms with Crippen LogP contribution >= 0.6 is 0 Å². The van der Waals surface area contributed by atoms with Crippen molar-refractivity contribution in [2.45, 2.75) is 38.3 Å². The van der Waals surface area contributed by atoms with Crippen LogP contribution in [-0.4, -0.2) is 42.9 Å². The Balaban J connectivity index is 1.76. The lowest BCUT2D eigenvalue weighted by atomic mass is 10.1. The Morgan fingerprint density at radius 1 is 1.24 bits per heavy atom. The van der Waals surface area contributed by atoms with Gasteiger partial charge in [0.2, 0.25) is 5.91 Å². The van der Waals surface area contributed by atoms with Crippen LogP contribution in [0.3, 0.4) is 0 Å². The van der Waals surface area contributed by atoms with Crippen LogP contribution in [0.15, 0.2) is 18.2 Å². The summed E-state index contributed by atoms with van der Waals surface area (Å²) in [7, 11) is 3.98. The normalized spacial score (nSPS) is 21.9. The fraction of sp³-hybridized carbons (Fsp3) is 0.500. The van der Waals surface area contributed by atoms with Crippen molar-refractivity contribution in [3.63, 3.8) is 0 Å². The van der Waals surface area contributed by atoms with Gasteiger partial charge in [0.25, 0.3) is 5.91 Å². The molecular formula is C16H21N3O2. The van der Waals surface area contributed by atoms with Crippen LogP contribution in [0.5, 0.6) is 0 Å². The summed E-state index contributed by atoms with van der Waals surface area (Å²) in [5, 5.41) is 3.22. The number of nitrogens with zero attached hydrogens (tertiary/aromatic N) is 2. The summed E-state index contributed by atoms with van der Waals surface area (Å²) in [6.45, 7) is 2.05. The molecule has 0 aromatic heterocycles. The van der Waals surface area contributed by atoms with Crippen LogP contribution in [0.1, 0.15) is 24.8 Å². The zero-order chi connectivity index (χ0) is 15.1. The number of aryl methyl sites for hydroxylation is 1. The third kappa shape index (κ3) is 2.60. The van der Waals surface area contributed by atoms with Crippen LogP contribution in [0.2, 0.25) is 0 Å². The molecule has 0 radical (unpaired) electrons. The van der Waals surface area contributed by atoms with E-state index < -0.39 is 6.04 Å². The molecule has 1 N–H and O–H groups in total. The van der Waals surface area contributed by atoms with Crippen molar-refractivity contribution >= 4 is 23.2 Å². The highest BCUT2D eigenvalue weighted by molar-refractivity contribution is 6.07. The van der Waals surface area contributed by atoms with Crippen molar-refractivity contribution in [3.8, 4) is 0 Å². The van der Waals surface area contributed by atoms with Crippen molar-refractivity contribution in [1.82, 2.24) is 4.90 Å². The van der Waals surface area contributed by atoms with E-state index >= 15 is 0 Å². The third-order valence-corrected chi connectivity index (χ3v) is 4.13. The van der Waals surface area contributed by atoms with E-state index in [-0.39, 0.29) is 24.3 Å². The number of nitrogens with one attached hydrogen (secondary N) is 1. The number of amides is 2. The van der Waals surface area contributed by atoms with Gasteiger partial charge >= 0.3 is 0 Å². The largest absolute Gasteiger partial charge is 0.377 e. The second kappa shape index (κ2) is 5.06. The lowest BCUT2D eigenvalue weighted by Gasteiger charge is -2.19. The quantitative estimate of drug-likeness (QED) is 0.857. The van der Waals surface area contributed by atoms with Gasteiger partial charge in [-0.15, -0.1) is 0 Å². The van der Waals surface area contributed by atoms with E-state index in [0.29, 0.717) is 0 Å². The summed E-state index contributed by atoms with van der Waals surface area (Å²) in [4.78, 5) is 27.8. The Bertz CT molecular complexity index is 593. The van der Waals surface area contributed by atoms with Crippen molar-refractivity contribution in [1.29, 1.82) is 0 Å². The Labute approximate surface area is 124 Å². The van der Waals surface area contributed by atoms with Crippen molar-refractivity contribution in [3.05, 3.63) is 23.8 Å². The van der Waals surface area contributed by atoms with Crippen LogP contribution in [-0.2, 0) is 9.59 Å². The average molecular weight is 287 g/mol. The maximum Gasteiger partial charge on any atom is 0.252 e. The van der Waals surface area contributed by atoms with Gasteiger partial charge in [-0.25, -0.2) is 0 Å². The molecule has 0 bridgehead atoms. The SMILES string of the molecule is Cc1ccc(NC2CC(=O)N(C3CC3)C2=O)cc1N(C)C. The smallest absolute Gasteiger partial charge is 0.252 e. The Morgan fingerprint density at radius 2 is 1.95 bits per heavy atom. The number of hydrogen-bond donors (Lipinski definition) is 1. The number of likely N-dealkylation sites (tertiary alicyclic amines) is 1. The van der Waals surface area contributed by atoms with E-state index in [0.717, 1.165) is 24.2 Å². The molecular weight excluding hydrogens is 266 g/mol. The number of carbonyl (C=O) groups excluding carboxylic acids is 2. The molecule has 112 valence electrons. The number of rotatable bonds is 4. The van der Waals surface area contributed by atoms with E-state index in [2.05, 4.69) is 12.2 Å². The summed E-state index contributed by atoms with van der Waals surface area (Å²) >= 11 is 0. The molecule has 1 saturated carbocycles. The highest BCUT2D eigenvalue weighted by Crippen LogP contribution is 2.32. The lowest BCUT2D eigenvalue weighted by molar-refractivity contribution is -0.139. The molecule has 5 nitrogen and oxygen atoms in total. The summed E-state index contributed by atoms with van der Waals surface area (Å²) in [6.07, 6.45) is 2.18. The Morgan fingerprint density at radius 3 is 2.57 bits per heavy atom. The standard InChI is InChI=1S/C16H21N3O2/c1-10-4-5-11(8-14(10)18(2)3)17-13-9-15(20)19(16(13)21)12-6-7-12/h4-5,8,12-13,17H,6-7,9H2,1-3H3. The molecule has 1 saturated heterocycles. The van der Waals surface area contributed by atoms with E-state index in [1.54, 1.807) is 0 Å². The van der Waals surface area contributed by atoms with Crippen LogP contribution in [0.25, 0.3) is 0 Å².